The molecule has 3 aromatic rings. The van der Waals surface area contributed by atoms with Crippen molar-refractivity contribution in [1.29, 1.82) is 0 Å². The van der Waals surface area contributed by atoms with E-state index >= 15 is 0 Å². The summed E-state index contributed by atoms with van der Waals surface area (Å²) in [4.78, 5) is 0. The molecule has 0 heterocycles. The van der Waals surface area contributed by atoms with E-state index in [1.807, 2.05) is 24.3 Å². The van der Waals surface area contributed by atoms with Crippen molar-refractivity contribution in [3.8, 4) is 11.1 Å². The SMILES string of the molecule is CO/C=C/c1cc#ccc1-c1ccc(Br)c2ccccc12. The summed E-state index contributed by atoms with van der Waals surface area (Å²) in [5, 5.41) is 2.41. The maximum absolute atomic E-state index is 5.03. The van der Waals surface area contributed by atoms with Crippen molar-refractivity contribution in [2.75, 3.05) is 7.11 Å². The predicted octanol–water partition coefficient (Wildman–Crippen LogP) is 5.49. The van der Waals surface area contributed by atoms with Gasteiger partial charge in [-0.2, -0.15) is 0 Å². The van der Waals surface area contributed by atoms with Gasteiger partial charge in [0.25, 0.3) is 0 Å². The van der Waals surface area contributed by atoms with E-state index in [9.17, 15) is 0 Å². The van der Waals surface area contributed by atoms with Crippen LogP contribution < -0.4 is 0 Å². The molecule has 0 radical (unpaired) electrons. The lowest BCUT2D eigenvalue weighted by atomic mass is 9.95. The van der Waals surface area contributed by atoms with Crippen LogP contribution in [0.3, 0.4) is 0 Å². The van der Waals surface area contributed by atoms with Gasteiger partial charge in [-0.05, 0) is 51.7 Å². The smallest absolute Gasteiger partial charge is 0.0831 e. The third kappa shape index (κ3) is 2.66. The van der Waals surface area contributed by atoms with E-state index in [2.05, 4.69) is 58.4 Å². The molecule has 0 atom stereocenters. The fraction of sp³-hybridized carbons (Fsp3) is 0.0526. The predicted molar refractivity (Wildman–Crippen MR) is 90.8 cm³/mol. The van der Waals surface area contributed by atoms with Crippen molar-refractivity contribution in [3.63, 3.8) is 0 Å². The Morgan fingerprint density at radius 3 is 2.52 bits per heavy atom. The van der Waals surface area contributed by atoms with Crippen molar-refractivity contribution in [1.82, 2.24) is 0 Å². The van der Waals surface area contributed by atoms with Crippen LogP contribution in [0.4, 0.5) is 0 Å². The summed E-state index contributed by atoms with van der Waals surface area (Å²) >= 11 is 3.62. The van der Waals surface area contributed by atoms with E-state index in [0.29, 0.717) is 0 Å². The number of hydrogen-bond donors (Lipinski definition) is 0. The second-order valence-corrected chi connectivity index (χ2v) is 5.48. The molecule has 2 heteroatoms. The molecule has 102 valence electrons. The minimum atomic E-state index is 1.06. The molecule has 0 aliphatic carbocycles. The molecular formula is C19H13BrO. The van der Waals surface area contributed by atoms with Crippen LogP contribution in [0.15, 0.2) is 59.3 Å². The van der Waals surface area contributed by atoms with Crippen LogP contribution in [0, 0.1) is 12.1 Å². The maximum Gasteiger partial charge on any atom is 0.0831 e. The van der Waals surface area contributed by atoms with Crippen molar-refractivity contribution < 1.29 is 4.74 Å². The molecule has 0 amide bonds. The van der Waals surface area contributed by atoms with E-state index in [0.717, 1.165) is 15.6 Å². The molecule has 0 aliphatic rings. The van der Waals surface area contributed by atoms with Crippen LogP contribution in [0.25, 0.3) is 28.0 Å². The number of rotatable bonds is 3. The Morgan fingerprint density at radius 2 is 1.71 bits per heavy atom. The molecule has 0 aromatic heterocycles. The lowest BCUT2D eigenvalue weighted by Gasteiger charge is -2.10. The highest BCUT2D eigenvalue weighted by Gasteiger charge is 2.08. The van der Waals surface area contributed by atoms with Gasteiger partial charge in [0.2, 0.25) is 0 Å². The quantitative estimate of drug-likeness (QED) is 0.575. The molecule has 0 saturated carbocycles. The van der Waals surface area contributed by atoms with E-state index in [4.69, 9.17) is 4.74 Å². The molecule has 3 rings (SSSR count). The van der Waals surface area contributed by atoms with E-state index in [-0.39, 0.29) is 0 Å². The highest BCUT2D eigenvalue weighted by atomic mass is 79.9. The number of hydrogen-bond acceptors (Lipinski definition) is 1. The van der Waals surface area contributed by atoms with Gasteiger partial charge in [-0.25, -0.2) is 0 Å². The fourth-order valence-corrected chi connectivity index (χ4v) is 2.88. The highest BCUT2D eigenvalue weighted by Crippen LogP contribution is 2.34. The Labute approximate surface area is 133 Å². The fourth-order valence-electron chi connectivity index (χ4n) is 2.40. The van der Waals surface area contributed by atoms with Gasteiger partial charge < -0.3 is 4.74 Å². The topological polar surface area (TPSA) is 9.23 Å². The highest BCUT2D eigenvalue weighted by molar-refractivity contribution is 9.10. The van der Waals surface area contributed by atoms with Gasteiger partial charge in [0.05, 0.1) is 13.4 Å². The Bertz CT molecular complexity index is 806. The number of halogens is 1. The minimum Gasteiger partial charge on any atom is -0.504 e. The van der Waals surface area contributed by atoms with Crippen LogP contribution in [0.5, 0.6) is 0 Å². The Balaban J connectivity index is 2.27. The van der Waals surface area contributed by atoms with Gasteiger partial charge in [0, 0.05) is 4.47 Å². The molecule has 0 bridgehead atoms. The average molecular weight is 337 g/mol. The van der Waals surface area contributed by atoms with Gasteiger partial charge >= 0.3 is 0 Å². The Morgan fingerprint density at radius 1 is 0.952 bits per heavy atom. The van der Waals surface area contributed by atoms with Crippen LogP contribution in [0.1, 0.15) is 5.56 Å². The largest absolute Gasteiger partial charge is 0.504 e. The number of methoxy groups -OCH3 is 1. The summed E-state index contributed by atoms with van der Waals surface area (Å²) in [6, 6.07) is 22.5. The molecule has 0 saturated heterocycles. The van der Waals surface area contributed by atoms with E-state index in [1.165, 1.54) is 16.3 Å². The van der Waals surface area contributed by atoms with Crippen LogP contribution in [-0.2, 0) is 4.74 Å². The summed E-state index contributed by atoms with van der Waals surface area (Å²) in [6.07, 6.45) is 3.62. The maximum atomic E-state index is 5.03. The third-order valence-corrected chi connectivity index (χ3v) is 4.07. The first kappa shape index (κ1) is 13.7. The molecule has 0 fully saturated rings. The lowest BCUT2D eigenvalue weighted by molar-refractivity contribution is 0.341. The van der Waals surface area contributed by atoms with Crippen molar-refractivity contribution in [2.24, 2.45) is 0 Å². The Hall–Kier alpha value is -2.24. The summed E-state index contributed by atoms with van der Waals surface area (Å²) in [5.41, 5.74) is 3.35. The first-order valence-electron chi connectivity index (χ1n) is 6.60. The summed E-state index contributed by atoms with van der Waals surface area (Å²) in [7, 11) is 1.64. The lowest BCUT2D eigenvalue weighted by Crippen LogP contribution is -1.85. The third-order valence-electron chi connectivity index (χ3n) is 3.38. The zero-order chi connectivity index (χ0) is 14.7. The molecule has 0 unspecified atom stereocenters. The van der Waals surface area contributed by atoms with Gasteiger partial charge in [0.15, 0.2) is 0 Å². The average Bonchev–Trinajstić information content (AvgIpc) is 2.54. The number of ether oxygens (including phenoxy) is 1. The molecular weight excluding hydrogens is 324 g/mol. The Kier molecular flexibility index (Phi) is 3.94. The van der Waals surface area contributed by atoms with Crippen molar-refractivity contribution in [3.05, 3.63) is 77.0 Å². The van der Waals surface area contributed by atoms with Crippen LogP contribution in [0.2, 0.25) is 0 Å². The second kappa shape index (κ2) is 6.03. The zero-order valence-electron chi connectivity index (χ0n) is 11.6. The van der Waals surface area contributed by atoms with E-state index in [1.54, 1.807) is 13.4 Å². The first-order valence-corrected chi connectivity index (χ1v) is 7.39. The molecule has 0 aliphatic heterocycles. The summed E-state index contributed by atoms with van der Waals surface area (Å²) < 4.78 is 6.13. The van der Waals surface area contributed by atoms with Crippen LogP contribution >= 0.6 is 15.9 Å². The number of benzene rings is 2. The van der Waals surface area contributed by atoms with Crippen molar-refractivity contribution in [2.45, 2.75) is 0 Å². The van der Waals surface area contributed by atoms with Gasteiger partial charge in [0.1, 0.15) is 0 Å². The molecule has 1 nitrogen and oxygen atoms in total. The monoisotopic (exact) mass is 336 g/mol. The van der Waals surface area contributed by atoms with Gasteiger partial charge in [-0.3, -0.25) is 0 Å². The minimum absolute atomic E-state index is 1.06. The van der Waals surface area contributed by atoms with Crippen LogP contribution in [-0.4, -0.2) is 7.11 Å². The van der Waals surface area contributed by atoms with Gasteiger partial charge in [-0.15, -0.1) is 0 Å². The standard InChI is InChI=1S/C19H13BrO/c1-21-13-12-14-6-2-3-7-15(14)17-10-11-19(20)18-9-5-4-8-16(17)18/h4-13H,1H3/b13-12+. The summed E-state index contributed by atoms with van der Waals surface area (Å²) in [5.74, 6) is 0. The van der Waals surface area contributed by atoms with E-state index < -0.39 is 0 Å². The molecule has 0 N–H and O–H groups in total. The molecule has 0 spiro atoms. The second-order valence-electron chi connectivity index (χ2n) is 4.63. The molecule has 3 aromatic carbocycles. The normalized spacial score (nSPS) is 10.8. The van der Waals surface area contributed by atoms with Gasteiger partial charge in [-0.1, -0.05) is 58.4 Å². The molecule has 21 heavy (non-hydrogen) atoms. The number of fused-ring (bicyclic) bond motifs is 1. The zero-order valence-corrected chi connectivity index (χ0v) is 13.1. The summed E-state index contributed by atoms with van der Waals surface area (Å²) in [6.45, 7) is 0. The first-order chi connectivity index (χ1) is 10.3. The van der Waals surface area contributed by atoms with Crippen molar-refractivity contribution >= 4 is 32.8 Å².